The van der Waals surface area contributed by atoms with Crippen molar-refractivity contribution < 1.29 is 17.9 Å². The third-order valence-electron chi connectivity index (χ3n) is 4.81. The number of carbonyl (C=O) groups excluding carboxylic acids is 1. The van der Waals surface area contributed by atoms with Crippen molar-refractivity contribution in [1.82, 2.24) is 4.72 Å². The van der Waals surface area contributed by atoms with Gasteiger partial charge in [-0.05, 0) is 37.0 Å². The zero-order valence-corrected chi connectivity index (χ0v) is 15.4. The number of hydrogen-bond donors (Lipinski definition) is 2. The summed E-state index contributed by atoms with van der Waals surface area (Å²) >= 11 is 6.03. The molecule has 1 aliphatic rings. The van der Waals surface area contributed by atoms with Crippen LogP contribution >= 0.6 is 11.6 Å². The Bertz CT molecular complexity index is 723. The molecule has 0 spiro atoms. The van der Waals surface area contributed by atoms with Crippen LogP contribution in [0.1, 0.15) is 43.0 Å². The number of methoxy groups -OCH3 is 1. The van der Waals surface area contributed by atoms with Crippen LogP contribution < -0.4 is 10.5 Å². The largest absolute Gasteiger partial charge is 0.465 e. The van der Waals surface area contributed by atoms with Crippen LogP contribution in [-0.2, 0) is 14.8 Å². The Hall–Kier alpha value is -1.15. The zero-order chi connectivity index (χ0) is 18.0. The van der Waals surface area contributed by atoms with Crippen LogP contribution in [0.4, 0.5) is 0 Å². The quantitative estimate of drug-likeness (QED) is 0.770. The minimum absolute atomic E-state index is 0.00533. The van der Waals surface area contributed by atoms with Gasteiger partial charge in [-0.2, -0.15) is 0 Å². The lowest BCUT2D eigenvalue weighted by atomic mass is 9.74. The van der Waals surface area contributed by atoms with Gasteiger partial charge in [-0.1, -0.05) is 31.4 Å². The molecule has 2 atom stereocenters. The Morgan fingerprint density at radius 1 is 1.46 bits per heavy atom. The molecule has 3 N–H and O–H groups in total. The lowest BCUT2D eigenvalue weighted by Crippen LogP contribution is -2.58. The summed E-state index contributed by atoms with van der Waals surface area (Å²) in [6.45, 7) is 2.25. The number of carbonyl (C=O) groups is 1. The minimum Gasteiger partial charge on any atom is -0.465 e. The molecule has 134 valence electrons. The molecule has 0 bridgehead atoms. The predicted molar refractivity (Wildman–Crippen MR) is 92.5 cm³/mol. The molecule has 8 heteroatoms. The van der Waals surface area contributed by atoms with Gasteiger partial charge >= 0.3 is 5.97 Å². The van der Waals surface area contributed by atoms with Gasteiger partial charge in [-0.15, -0.1) is 0 Å². The van der Waals surface area contributed by atoms with Crippen molar-refractivity contribution in [2.24, 2.45) is 11.7 Å². The summed E-state index contributed by atoms with van der Waals surface area (Å²) < 4.78 is 32.9. The Morgan fingerprint density at radius 2 is 2.17 bits per heavy atom. The van der Waals surface area contributed by atoms with Crippen LogP contribution in [0.25, 0.3) is 0 Å². The van der Waals surface area contributed by atoms with Crippen molar-refractivity contribution in [2.45, 2.75) is 43.0 Å². The number of ether oxygens (including phenoxy) is 1. The number of esters is 1. The number of halogens is 1. The van der Waals surface area contributed by atoms with E-state index in [9.17, 15) is 13.2 Å². The van der Waals surface area contributed by atoms with Gasteiger partial charge in [0.15, 0.2) is 0 Å². The van der Waals surface area contributed by atoms with Crippen LogP contribution in [-0.4, -0.2) is 33.6 Å². The first kappa shape index (κ1) is 19.2. The number of hydrogen-bond acceptors (Lipinski definition) is 5. The van der Waals surface area contributed by atoms with E-state index in [1.165, 1.54) is 25.3 Å². The maximum atomic E-state index is 12.8. The van der Waals surface area contributed by atoms with Crippen molar-refractivity contribution in [2.75, 3.05) is 13.7 Å². The first-order valence-corrected chi connectivity index (χ1v) is 9.74. The van der Waals surface area contributed by atoms with Gasteiger partial charge < -0.3 is 10.5 Å². The molecular formula is C16H23ClN2O4S. The first-order valence-electron chi connectivity index (χ1n) is 7.87. The summed E-state index contributed by atoms with van der Waals surface area (Å²) in [5, 5.41) is 0.0308. The molecule has 0 heterocycles. The molecule has 1 aromatic rings. The van der Waals surface area contributed by atoms with E-state index in [0.29, 0.717) is 6.42 Å². The van der Waals surface area contributed by atoms with Gasteiger partial charge in [0.2, 0.25) is 10.0 Å². The van der Waals surface area contributed by atoms with Crippen LogP contribution in [0.5, 0.6) is 0 Å². The summed E-state index contributed by atoms with van der Waals surface area (Å²) in [5.41, 5.74) is 5.39. The van der Waals surface area contributed by atoms with Crippen molar-refractivity contribution in [3.05, 3.63) is 28.8 Å². The molecule has 0 radical (unpaired) electrons. The highest BCUT2D eigenvalue weighted by atomic mass is 35.5. The minimum atomic E-state index is -3.80. The molecule has 0 saturated heterocycles. The van der Waals surface area contributed by atoms with Gasteiger partial charge in [0.05, 0.1) is 22.6 Å². The van der Waals surface area contributed by atoms with Crippen molar-refractivity contribution >= 4 is 27.6 Å². The van der Waals surface area contributed by atoms with Crippen molar-refractivity contribution in [1.29, 1.82) is 0 Å². The molecule has 0 amide bonds. The number of benzene rings is 1. The second kappa shape index (κ2) is 7.39. The van der Waals surface area contributed by atoms with Crippen LogP contribution in [0.2, 0.25) is 5.02 Å². The number of nitrogens with two attached hydrogens (primary N) is 1. The normalized spacial score (nSPS) is 24.6. The van der Waals surface area contributed by atoms with Gasteiger partial charge in [-0.25, -0.2) is 17.9 Å². The predicted octanol–water partition coefficient (Wildman–Crippen LogP) is 2.31. The van der Waals surface area contributed by atoms with E-state index < -0.39 is 21.5 Å². The highest BCUT2D eigenvalue weighted by molar-refractivity contribution is 7.89. The van der Waals surface area contributed by atoms with Crippen LogP contribution in [0.3, 0.4) is 0 Å². The molecule has 2 unspecified atom stereocenters. The second-order valence-corrected chi connectivity index (χ2v) is 8.34. The number of rotatable bonds is 5. The Kier molecular flexibility index (Phi) is 5.91. The molecule has 0 aromatic heterocycles. The van der Waals surface area contributed by atoms with Gasteiger partial charge in [0.1, 0.15) is 0 Å². The summed E-state index contributed by atoms with van der Waals surface area (Å²) in [4.78, 5) is 11.6. The maximum absolute atomic E-state index is 12.8. The standard InChI is InChI=1S/C16H23ClN2O4S/c1-11-5-3-4-8-16(11,10-18)19-24(21,22)12-6-7-13(14(17)9-12)15(20)23-2/h6-7,9,11,19H,3-5,8,10,18H2,1-2H3. The smallest absolute Gasteiger partial charge is 0.339 e. The third kappa shape index (κ3) is 3.74. The van der Waals surface area contributed by atoms with Gasteiger partial charge in [0, 0.05) is 12.1 Å². The molecule has 2 rings (SSSR count). The van der Waals surface area contributed by atoms with Gasteiger partial charge in [-0.3, -0.25) is 0 Å². The summed E-state index contributed by atoms with van der Waals surface area (Å²) in [6.07, 6.45) is 3.65. The van der Waals surface area contributed by atoms with E-state index in [1.54, 1.807) is 0 Å². The Balaban J connectivity index is 2.33. The monoisotopic (exact) mass is 374 g/mol. The fraction of sp³-hybridized carbons (Fsp3) is 0.562. The topological polar surface area (TPSA) is 98.5 Å². The van der Waals surface area contributed by atoms with E-state index in [1.807, 2.05) is 6.92 Å². The maximum Gasteiger partial charge on any atom is 0.339 e. The molecule has 24 heavy (non-hydrogen) atoms. The molecule has 1 saturated carbocycles. The fourth-order valence-corrected chi connectivity index (χ4v) is 5.06. The van der Waals surface area contributed by atoms with Crippen molar-refractivity contribution in [3.8, 4) is 0 Å². The molecular weight excluding hydrogens is 352 g/mol. The Morgan fingerprint density at radius 3 is 2.71 bits per heavy atom. The van der Waals surface area contributed by atoms with Crippen molar-refractivity contribution in [3.63, 3.8) is 0 Å². The highest BCUT2D eigenvalue weighted by Crippen LogP contribution is 2.34. The summed E-state index contributed by atoms with van der Waals surface area (Å²) in [5.74, 6) is -0.466. The van der Waals surface area contributed by atoms with Crippen LogP contribution in [0.15, 0.2) is 23.1 Å². The van der Waals surface area contributed by atoms with E-state index in [0.717, 1.165) is 19.3 Å². The third-order valence-corrected chi connectivity index (χ3v) is 6.67. The molecule has 1 aromatic carbocycles. The summed E-state index contributed by atoms with van der Waals surface area (Å²) in [7, 11) is -2.57. The number of nitrogens with one attached hydrogen (secondary N) is 1. The van der Waals surface area contributed by atoms with E-state index in [4.69, 9.17) is 17.3 Å². The average Bonchev–Trinajstić information content (AvgIpc) is 2.56. The zero-order valence-electron chi connectivity index (χ0n) is 13.8. The lowest BCUT2D eigenvalue weighted by Gasteiger charge is -2.42. The summed E-state index contributed by atoms with van der Waals surface area (Å²) in [6, 6.07) is 3.95. The molecule has 1 fully saturated rings. The highest BCUT2D eigenvalue weighted by Gasteiger charge is 2.40. The Labute approximate surface area is 147 Å². The molecule has 1 aliphatic carbocycles. The molecule has 0 aliphatic heterocycles. The average molecular weight is 375 g/mol. The second-order valence-electron chi connectivity index (χ2n) is 6.25. The van der Waals surface area contributed by atoms with Gasteiger partial charge in [0.25, 0.3) is 0 Å². The van der Waals surface area contributed by atoms with Crippen LogP contribution in [0, 0.1) is 5.92 Å². The first-order chi connectivity index (χ1) is 11.3. The fourth-order valence-electron chi connectivity index (χ4n) is 3.18. The SMILES string of the molecule is COC(=O)c1ccc(S(=O)(=O)NC2(CN)CCCCC2C)cc1Cl. The molecule has 6 nitrogen and oxygen atoms in total. The van der Waals surface area contributed by atoms with E-state index >= 15 is 0 Å². The van der Waals surface area contributed by atoms with E-state index in [2.05, 4.69) is 9.46 Å². The number of sulfonamides is 1. The van der Waals surface area contributed by atoms with E-state index in [-0.39, 0.29) is 27.9 Å². The lowest BCUT2D eigenvalue weighted by molar-refractivity contribution is 0.0601.